The minimum absolute atomic E-state index is 0.643. The monoisotopic (exact) mass is 289 g/mol. The lowest BCUT2D eigenvalue weighted by Gasteiger charge is -2.56. The summed E-state index contributed by atoms with van der Waals surface area (Å²) < 4.78 is 0. The first kappa shape index (κ1) is 13.3. The molecule has 1 aromatic heterocycles. The summed E-state index contributed by atoms with van der Waals surface area (Å²) >= 11 is 1.96. The van der Waals surface area contributed by atoms with Gasteiger partial charge in [0, 0.05) is 10.9 Å². The van der Waals surface area contributed by atoms with Gasteiger partial charge in [-0.2, -0.15) is 0 Å². The highest BCUT2D eigenvalue weighted by atomic mass is 32.1. The lowest BCUT2D eigenvalue weighted by atomic mass is 9.50. The second-order valence-corrected chi connectivity index (χ2v) is 8.43. The molecule has 0 aliphatic heterocycles. The van der Waals surface area contributed by atoms with Gasteiger partial charge in [-0.05, 0) is 86.1 Å². The van der Waals surface area contributed by atoms with Crippen LogP contribution in [0.5, 0.6) is 0 Å². The Morgan fingerprint density at radius 3 is 2.40 bits per heavy atom. The number of hydrogen-bond donors (Lipinski definition) is 1. The summed E-state index contributed by atoms with van der Waals surface area (Å²) in [6.45, 7) is 3.46. The predicted octanol–water partition coefficient (Wildman–Crippen LogP) is 4.86. The maximum atomic E-state index is 3.91. The van der Waals surface area contributed by atoms with Crippen molar-refractivity contribution in [1.82, 2.24) is 5.32 Å². The molecule has 4 fully saturated rings. The summed E-state index contributed by atoms with van der Waals surface area (Å²) in [5.74, 6) is 5.13. The van der Waals surface area contributed by atoms with Crippen LogP contribution < -0.4 is 5.32 Å². The fourth-order valence-electron chi connectivity index (χ4n) is 5.71. The molecule has 1 aromatic rings. The molecular formula is C18H27NS. The van der Waals surface area contributed by atoms with Crippen LogP contribution >= 0.6 is 11.3 Å². The van der Waals surface area contributed by atoms with Crippen LogP contribution in [0.1, 0.15) is 56.4 Å². The zero-order chi connectivity index (χ0) is 13.5. The molecule has 1 N–H and O–H groups in total. The zero-order valence-corrected chi connectivity index (χ0v) is 13.4. The number of nitrogens with one attached hydrogen (secondary N) is 1. The van der Waals surface area contributed by atoms with E-state index in [-0.39, 0.29) is 0 Å². The van der Waals surface area contributed by atoms with Gasteiger partial charge < -0.3 is 5.32 Å². The second kappa shape index (κ2) is 5.46. The van der Waals surface area contributed by atoms with E-state index in [9.17, 15) is 0 Å². The normalized spacial score (nSPS) is 40.1. The van der Waals surface area contributed by atoms with Crippen molar-refractivity contribution in [3.63, 3.8) is 0 Å². The second-order valence-electron chi connectivity index (χ2n) is 7.46. The Bertz CT molecular complexity index is 410. The van der Waals surface area contributed by atoms with Crippen molar-refractivity contribution in [3.05, 3.63) is 22.4 Å². The van der Waals surface area contributed by atoms with Crippen LogP contribution in [0, 0.1) is 29.6 Å². The van der Waals surface area contributed by atoms with Crippen molar-refractivity contribution in [2.75, 3.05) is 6.54 Å². The van der Waals surface area contributed by atoms with E-state index in [0.29, 0.717) is 6.04 Å². The van der Waals surface area contributed by atoms with Gasteiger partial charge in [-0.25, -0.2) is 0 Å². The minimum atomic E-state index is 0.643. The smallest absolute Gasteiger partial charge is 0.0448 e. The molecule has 0 radical (unpaired) electrons. The van der Waals surface area contributed by atoms with Gasteiger partial charge in [0.15, 0.2) is 0 Å². The maximum Gasteiger partial charge on any atom is 0.0448 e. The van der Waals surface area contributed by atoms with Crippen LogP contribution in [-0.2, 0) is 0 Å². The van der Waals surface area contributed by atoms with Crippen molar-refractivity contribution in [2.45, 2.75) is 51.5 Å². The summed E-state index contributed by atoms with van der Waals surface area (Å²) in [6, 6.07) is 5.24. The third-order valence-corrected chi connectivity index (χ3v) is 7.10. The van der Waals surface area contributed by atoms with E-state index in [2.05, 4.69) is 29.8 Å². The molecular weight excluding hydrogens is 262 g/mol. The minimum Gasteiger partial charge on any atom is -0.309 e. The van der Waals surface area contributed by atoms with Gasteiger partial charge in [-0.1, -0.05) is 13.0 Å². The molecule has 20 heavy (non-hydrogen) atoms. The molecule has 110 valence electrons. The first-order valence-electron chi connectivity index (χ1n) is 8.62. The third-order valence-electron chi connectivity index (χ3n) is 6.15. The van der Waals surface area contributed by atoms with Crippen LogP contribution in [0.15, 0.2) is 17.5 Å². The number of hydrogen-bond acceptors (Lipinski definition) is 2. The van der Waals surface area contributed by atoms with Crippen LogP contribution in [-0.4, -0.2) is 6.54 Å². The van der Waals surface area contributed by atoms with Gasteiger partial charge in [0.2, 0.25) is 0 Å². The first-order valence-corrected chi connectivity index (χ1v) is 9.50. The summed E-state index contributed by atoms with van der Waals surface area (Å²) in [5, 5.41) is 6.17. The highest BCUT2D eigenvalue weighted by molar-refractivity contribution is 7.10. The molecule has 0 saturated heterocycles. The molecule has 1 unspecified atom stereocenters. The molecule has 4 aliphatic rings. The van der Waals surface area contributed by atoms with Crippen LogP contribution in [0.4, 0.5) is 0 Å². The van der Waals surface area contributed by atoms with Gasteiger partial charge in [0.1, 0.15) is 0 Å². The van der Waals surface area contributed by atoms with E-state index in [4.69, 9.17) is 0 Å². The van der Waals surface area contributed by atoms with E-state index < -0.39 is 0 Å². The topological polar surface area (TPSA) is 12.0 Å². The molecule has 0 amide bonds. The average molecular weight is 289 g/mol. The highest BCUT2D eigenvalue weighted by Gasteiger charge is 2.50. The lowest BCUT2D eigenvalue weighted by Crippen LogP contribution is -2.49. The molecule has 1 heterocycles. The van der Waals surface area contributed by atoms with Crippen molar-refractivity contribution >= 4 is 11.3 Å². The maximum absolute atomic E-state index is 3.91. The molecule has 4 saturated carbocycles. The predicted molar refractivity (Wildman–Crippen MR) is 85.9 cm³/mol. The first-order chi connectivity index (χ1) is 9.85. The number of thiophene rings is 1. The molecule has 0 aromatic carbocycles. The number of rotatable bonds is 5. The molecule has 1 atom stereocenters. The van der Waals surface area contributed by atoms with Gasteiger partial charge in [-0.15, -0.1) is 11.3 Å². The van der Waals surface area contributed by atoms with Gasteiger partial charge in [0.05, 0.1) is 0 Å². The van der Waals surface area contributed by atoms with Crippen LogP contribution in [0.3, 0.4) is 0 Å². The standard InChI is InChI=1S/C18H27NS/c1-2-5-19-18(16-4-3-6-20-16)17-14-8-12-7-13(10-14)11-15(17)9-12/h3-4,6,12-15,17-19H,2,5,7-11H2,1H3. The summed E-state index contributed by atoms with van der Waals surface area (Å²) in [7, 11) is 0. The Balaban J connectivity index is 1.59. The molecule has 1 nitrogen and oxygen atoms in total. The van der Waals surface area contributed by atoms with Gasteiger partial charge in [-0.3, -0.25) is 0 Å². The Morgan fingerprint density at radius 2 is 1.85 bits per heavy atom. The van der Waals surface area contributed by atoms with Crippen molar-refractivity contribution in [3.8, 4) is 0 Å². The van der Waals surface area contributed by atoms with Gasteiger partial charge in [0.25, 0.3) is 0 Å². The summed E-state index contributed by atoms with van der Waals surface area (Å²) in [6.07, 6.45) is 8.95. The van der Waals surface area contributed by atoms with Gasteiger partial charge >= 0.3 is 0 Å². The largest absolute Gasteiger partial charge is 0.309 e. The third kappa shape index (κ3) is 2.25. The van der Waals surface area contributed by atoms with E-state index in [1.807, 2.05) is 11.3 Å². The fourth-order valence-corrected chi connectivity index (χ4v) is 6.56. The van der Waals surface area contributed by atoms with Crippen LogP contribution in [0.25, 0.3) is 0 Å². The van der Waals surface area contributed by atoms with E-state index in [1.54, 1.807) is 11.3 Å². The van der Waals surface area contributed by atoms with E-state index in [1.165, 1.54) is 38.6 Å². The van der Waals surface area contributed by atoms with Crippen molar-refractivity contribution < 1.29 is 0 Å². The highest BCUT2D eigenvalue weighted by Crippen LogP contribution is 2.59. The quantitative estimate of drug-likeness (QED) is 0.816. The molecule has 2 heteroatoms. The Labute approximate surface area is 127 Å². The molecule has 4 bridgehead atoms. The Kier molecular flexibility index (Phi) is 3.64. The van der Waals surface area contributed by atoms with Crippen LogP contribution in [0.2, 0.25) is 0 Å². The van der Waals surface area contributed by atoms with Crippen molar-refractivity contribution in [2.24, 2.45) is 29.6 Å². The Morgan fingerprint density at radius 1 is 1.15 bits per heavy atom. The molecule has 0 spiro atoms. The molecule has 4 aliphatic carbocycles. The summed E-state index contributed by atoms with van der Waals surface area (Å²) in [4.78, 5) is 1.59. The average Bonchev–Trinajstić information content (AvgIpc) is 2.94. The SMILES string of the molecule is CCCNC(c1cccs1)C1C2CC3CC(C2)CC1C3. The van der Waals surface area contributed by atoms with Crippen molar-refractivity contribution in [1.29, 1.82) is 0 Å². The van der Waals surface area contributed by atoms with E-state index in [0.717, 1.165) is 29.6 Å². The fraction of sp³-hybridized carbons (Fsp3) is 0.778. The Hall–Kier alpha value is -0.340. The molecule has 5 rings (SSSR count). The summed E-state index contributed by atoms with van der Waals surface area (Å²) in [5.41, 5.74) is 0. The van der Waals surface area contributed by atoms with E-state index >= 15 is 0 Å². The lowest BCUT2D eigenvalue weighted by molar-refractivity contribution is -0.0519. The zero-order valence-electron chi connectivity index (χ0n) is 12.6.